The van der Waals surface area contributed by atoms with Gasteiger partial charge < -0.3 is 19.8 Å². The van der Waals surface area contributed by atoms with Crippen LogP contribution in [0.1, 0.15) is 55.8 Å². The van der Waals surface area contributed by atoms with Crippen LogP contribution in [0.3, 0.4) is 0 Å². The first-order chi connectivity index (χ1) is 14.3. The minimum Gasteiger partial charge on any atom is -0.508 e. The van der Waals surface area contributed by atoms with Gasteiger partial charge in [-0.15, -0.1) is 0 Å². The summed E-state index contributed by atoms with van der Waals surface area (Å²) in [6.07, 6.45) is 0.655. The van der Waals surface area contributed by atoms with E-state index in [0.29, 0.717) is 29.8 Å². The molecule has 1 unspecified atom stereocenters. The van der Waals surface area contributed by atoms with Crippen LogP contribution in [0.5, 0.6) is 11.5 Å². The zero-order chi connectivity index (χ0) is 22.0. The Balaban J connectivity index is 2.21. The smallest absolute Gasteiger partial charge is 0.295 e. The van der Waals surface area contributed by atoms with Gasteiger partial charge in [0.1, 0.15) is 17.3 Å². The maximum atomic E-state index is 12.9. The average molecular weight is 409 g/mol. The molecule has 0 aliphatic carbocycles. The van der Waals surface area contributed by atoms with Gasteiger partial charge in [0.2, 0.25) is 0 Å². The van der Waals surface area contributed by atoms with Gasteiger partial charge in [-0.1, -0.05) is 32.9 Å². The zero-order valence-electron chi connectivity index (χ0n) is 17.7. The molecule has 1 heterocycles. The van der Waals surface area contributed by atoms with E-state index in [1.54, 1.807) is 37.4 Å². The van der Waals surface area contributed by atoms with Crippen LogP contribution in [0.15, 0.2) is 48.0 Å². The number of likely N-dealkylation sites (tertiary alicyclic amines) is 1. The Kier molecular flexibility index (Phi) is 6.15. The molecule has 6 heteroatoms. The number of rotatable bonds is 6. The van der Waals surface area contributed by atoms with E-state index < -0.39 is 17.7 Å². The molecule has 0 aromatic heterocycles. The van der Waals surface area contributed by atoms with Gasteiger partial charge >= 0.3 is 0 Å². The minimum atomic E-state index is -0.762. The van der Waals surface area contributed by atoms with Gasteiger partial charge in [0.15, 0.2) is 0 Å². The van der Waals surface area contributed by atoms with Crippen molar-refractivity contribution in [3.63, 3.8) is 0 Å². The number of nitrogens with zero attached hydrogens (tertiary/aromatic N) is 1. The molecule has 6 nitrogen and oxygen atoms in total. The van der Waals surface area contributed by atoms with Crippen molar-refractivity contribution in [1.29, 1.82) is 0 Å². The quantitative estimate of drug-likeness (QED) is 0.421. The largest absolute Gasteiger partial charge is 0.508 e. The van der Waals surface area contributed by atoms with Crippen molar-refractivity contribution in [2.45, 2.75) is 39.2 Å². The number of amides is 1. The third-order valence-corrected chi connectivity index (χ3v) is 5.32. The van der Waals surface area contributed by atoms with Crippen LogP contribution in [0.2, 0.25) is 0 Å². The fourth-order valence-corrected chi connectivity index (χ4v) is 3.88. The lowest BCUT2D eigenvalue weighted by atomic mass is 9.93. The average Bonchev–Trinajstić information content (AvgIpc) is 2.98. The van der Waals surface area contributed by atoms with Crippen LogP contribution in [0.4, 0.5) is 0 Å². The molecule has 1 aliphatic heterocycles. The number of phenolic OH excluding ortho intramolecular Hbond substituents is 1. The number of benzene rings is 2. The molecular formula is C24H27NO5. The number of ketones is 1. The molecular weight excluding hydrogens is 382 g/mol. The number of phenols is 1. The SMILES string of the molecule is CCCN1C(=O)C(=O)/C(=C(\O)c2ccc(OC)c(C(C)C)c2)C1c1cccc(O)c1. The zero-order valence-corrected chi connectivity index (χ0v) is 17.7. The first kappa shape index (κ1) is 21.4. The summed E-state index contributed by atoms with van der Waals surface area (Å²) in [5.74, 6) is -0.749. The Morgan fingerprint density at radius 1 is 1.17 bits per heavy atom. The van der Waals surface area contributed by atoms with E-state index in [-0.39, 0.29) is 23.0 Å². The molecule has 2 aromatic carbocycles. The number of Topliss-reactive ketones (excluding diaryl/α,β-unsaturated/α-hetero) is 1. The van der Waals surface area contributed by atoms with E-state index in [1.807, 2.05) is 20.8 Å². The van der Waals surface area contributed by atoms with E-state index >= 15 is 0 Å². The predicted octanol–water partition coefficient (Wildman–Crippen LogP) is 4.36. The highest BCUT2D eigenvalue weighted by Crippen LogP contribution is 2.41. The second kappa shape index (κ2) is 8.61. The standard InChI is InChI=1S/C24H27NO5/c1-5-11-25-21(15-7-6-8-17(26)12-15)20(23(28)24(25)29)22(27)16-9-10-19(30-4)18(13-16)14(2)3/h6-10,12-14,21,26-27H,5,11H2,1-4H3/b22-20-. The number of aliphatic hydroxyl groups excluding tert-OH is 1. The van der Waals surface area contributed by atoms with Gasteiger partial charge in [-0.2, -0.15) is 0 Å². The Bertz CT molecular complexity index is 1010. The normalized spacial score (nSPS) is 18.3. The Morgan fingerprint density at radius 2 is 1.90 bits per heavy atom. The van der Waals surface area contributed by atoms with Crippen LogP contribution >= 0.6 is 0 Å². The van der Waals surface area contributed by atoms with Crippen molar-refractivity contribution in [3.05, 3.63) is 64.7 Å². The van der Waals surface area contributed by atoms with Gasteiger partial charge in [-0.3, -0.25) is 9.59 Å². The summed E-state index contributed by atoms with van der Waals surface area (Å²) in [4.78, 5) is 27.1. The van der Waals surface area contributed by atoms with Crippen LogP contribution in [0.25, 0.3) is 5.76 Å². The van der Waals surface area contributed by atoms with Crippen LogP contribution in [-0.4, -0.2) is 40.5 Å². The number of aromatic hydroxyl groups is 1. The number of hydrogen-bond donors (Lipinski definition) is 2. The van der Waals surface area contributed by atoms with Crippen molar-refractivity contribution < 1.29 is 24.5 Å². The first-order valence-corrected chi connectivity index (χ1v) is 10.1. The van der Waals surface area contributed by atoms with Gasteiger partial charge in [-0.05, 0) is 53.8 Å². The Hall–Kier alpha value is -3.28. The molecule has 0 saturated carbocycles. The number of hydrogen-bond acceptors (Lipinski definition) is 5. The highest BCUT2D eigenvalue weighted by atomic mass is 16.5. The molecule has 2 aromatic rings. The molecule has 0 bridgehead atoms. The third-order valence-electron chi connectivity index (χ3n) is 5.32. The minimum absolute atomic E-state index is 0.0268. The summed E-state index contributed by atoms with van der Waals surface area (Å²) >= 11 is 0. The predicted molar refractivity (Wildman–Crippen MR) is 114 cm³/mol. The van der Waals surface area contributed by atoms with E-state index in [9.17, 15) is 19.8 Å². The van der Waals surface area contributed by atoms with E-state index in [4.69, 9.17) is 4.74 Å². The van der Waals surface area contributed by atoms with Crippen molar-refractivity contribution >= 4 is 17.4 Å². The monoisotopic (exact) mass is 409 g/mol. The number of ether oxygens (including phenoxy) is 1. The molecule has 158 valence electrons. The maximum absolute atomic E-state index is 12.9. The Morgan fingerprint density at radius 3 is 2.50 bits per heavy atom. The fraction of sp³-hybridized carbons (Fsp3) is 0.333. The summed E-state index contributed by atoms with van der Waals surface area (Å²) in [5, 5.41) is 21.1. The molecule has 0 spiro atoms. The van der Waals surface area contributed by atoms with Crippen LogP contribution in [0, 0.1) is 0 Å². The highest BCUT2D eigenvalue weighted by Gasteiger charge is 2.45. The van der Waals surface area contributed by atoms with Crippen LogP contribution < -0.4 is 4.74 Å². The lowest BCUT2D eigenvalue weighted by Crippen LogP contribution is -2.30. The molecule has 1 amide bonds. The van der Waals surface area contributed by atoms with E-state index in [1.165, 1.54) is 17.0 Å². The van der Waals surface area contributed by atoms with Gasteiger partial charge in [-0.25, -0.2) is 0 Å². The summed E-state index contributed by atoms with van der Waals surface area (Å²) < 4.78 is 5.40. The summed E-state index contributed by atoms with van der Waals surface area (Å²) in [5.41, 5.74) is 1.93. The van der Waals surface area contributed by atoms with Crippen molar-refractivity contribution in [2.75, 3.05) is 13.7 Å². The molecule has 1 saturated heterocycles. The number of carbonyl (C=O) groups excluding carboxylic acids is 2. The summed E-state index contributed by atoms with van der Waals surface area (Å²) in [6, 6.07) is 10.9. The maximum Gasteiger partial charge on any atom is 0.295 e. The van der Waals surface area contributed by atoms with Gasteiger partial charge in [0.05, 0.1) is 18.7 Å². The first-order valence-electron chi connectivity index (χ1n) is 10.1. The molecule has 1 atom stereocenters. The topological polar surface area (TPSA) is 87.1 Å². The number of carbonyl (C=O) groups is 2. The third kappa shape index (κ3) is 3.77. The molecule has 3 rings (SSSR count). The molecule has 1 aliphatic rings. The van der Waals surface area contributed by atoms with Crippen molar-refractivity contribution in [1.82, 2.24) is 4.90 Å². The summed E-state index contributed by atoms with van der Waals surface area (Å²) in [6.45, 7) is 6.29. The fourth-order valence-electron chi connectivity index (χ4n) is 3.88. The molecule has 2 N–H and O–H groups in total. The molecule has 30 heavy (non-hydrogen) atoms. The van der Waals surface area contributed by atoms with E-state index in [2.05, 4.69) is 0 Å². The second-order valence-corrected chi connectivity index (χ2v) is 7.70. The number of methoxy groups -OCH3 is 1. The second-order valence-electron chi connectivity index (χ2n) is 7.70. The van der Waals surface area contributed by atoms with E-state index in [0.717, 1.165) is 5.56 Å². The van der Waals surface area contributed by atoms with Crippen molar-refractivity contribution in [2.24, 2.45) is 0 Å². The van der Waals surface area contributed by atoms with Gasteiger partial charge in [0.25, 0.3) is 11.7 Å². The Labute approximate surface area is 176 Å². The molecule has 1 fully saturated rings. The van der Waals surface area contributed by atoms with Crippen molar-refractivity contribution in [3.8, 4) is 11.5 Å². The number of aliphatic hydroxyl groups is 1. The lowest BCUT2D eigenvalue weighted by Gasteiger charge is -2.25. The lowest BCUT2D eigenvalue weighted by molar-refractivity contribution is -0.139. The highest BCUT2D eigenvalue weighted by molar-refractivity contribution is 6.46. The van der Waals surface area contributed by atoms with Crippen LogP contribution in [-0.2, 0) is 9.59 Å². The summed E-state index contributed by atoms with van der Waals surface area (Å²) in [7, 11) is 1.58. The molecule has 0 radical (unpaired) electrons. The van der Waals surface area contributed by atoms with Gasteiger partial charge in [0, 0.05) is 12.1 Å².